The summed E-state index contributed by atoms with van der Waals surface area (Å²) in [6.45, 7) is 11.0. The third kappa shape index (κ3) is 2.68. The Labute approximate surface area is 139 Å². The molecule has 116 valence electrons. The molecule has 0 fully saturated rings. The van der Waals surface area contributed by atoms with E-state index in [1.54, 1.807) is 0 Å². The number of aromatic nitrogens is 1. The van der Waals surface area contributed by atoms with Gasteiger partial charge in [0.05, 0.1) is 5.69 Å². The number of rotatable bonds is 2. The Morgan fingerprint density at radius 2 is 1.39 bits per heavy atom. The van der Waals surface area contributed by atoms with Gasteiger partial charge in [0.15, 0.2) is 0 Å². The van der Waals surface area contributed by atoms with Crippen molar-refractivity contribution < 1.29 is 0 Å². The van der Waals surface area contributed by atoms with Crippen molar-refractivity contribution in [3.63, 3.8) is 0 Å². The highest BCUT2D eigenvalue weighted by Crippen LogP contribution is 2.36. The molecule has 0 aliphatic rings. The van der Waals surface area contributed by atoms with Gasteiger partial charge in [-0.25, -0.2) is 0 Å². The van der Waals surface area contributed by atoms with Gasteiger partial charge in [0.25, 0.3) is 0 Å². The van der Waals surface area contributed by atoms with Crippen molar-refractivity contribution in [2.45, 2.75) is 34.6 Å². The van der Waals surface area contributed by atoms with Crippen LogP contribution in [-0.4, -0.2) is 4.98 Å². The maximum absolute atomic E-state index is 4.76. The molecule has 0 aliphatic heterocycles. The summed E-state index contributed by atoms with van der Waals surface area (Å²) in [6.07, 6.45) is 1.92. The van der Waals surface area contributed by atoms with Crippen molar-refractivity contribution >= 4 is 0 Å². The summed E-state index contributed by atoms with van der Waals surface area (Å²) in [5.74, 6) is 0. The van der Waals surface area contributed by atoms with E-state index in [4.69, 9.17) is 4.98 Å². The van der Waals surface area contributed by atoms with Crippen LogP contribution in [0.1, 0.15) is 27.8 Å². The van der Waals surface area contributed by atoms with Gasteiger partial charge >= 0.3 is 0 Å². The number of nitrogens with zero attached hydrogens (tertiary/aromatic N) is 1. The van der Waals surface area contributed by atoms with E-state index < -0.39 is 0 Å². The van der Waals surface area contributed by atoms with Crippen LogP contribution in [0, 0.1) is 34.6 Å². The third-order valence-electron chi connectivity index (χ3n) is 4.96. The first kappa shape index (κ1) is 15.5. The highest BCUT2D eigenvalue weighted by molar-refractivity contribution is 5.85. The molecular formula is C22H23N. The van der Waals surface area contributed by atoms with E-state index in [0.29, 0.717) is 0 Å². The first-order chi connectivity index (χ1) is 11.0. The summed E-state index contributed by atoms with van der Waals surface area (Å²) in [5.41, 5.74) is 11.4. The monoisotopic (exact) mass is 301 g/mol. The molecule has 0 radical (unpaired) electrons. The number of hydrogen-bond donors (Lipinski definition) is 0. The van der Waals surface area contributed by atoms with E-state index in [-0.39, 0.29) is 0 Å². The molecule has 0 N–H and O–H groups in total. The predicted molar refractivity (Wildman–Crippen MR) is 98.8 cm³/mol. The van der Waals surface area contributed by atoms with Crippen LogP contribution in [0.2, 0.25) is 0 Å². The molecule has 23 heavy (non-hydrogen) atoms. The second-order valence-electron chi connectivity index (χ2n) is 6.33. The highest BCUT2D eigenvalue weighted by atomic mass is 14.7. The van der Waals surface area contributed by atoms with Crippen molar-refractivity contribution in [2.75, 3.05) is 0 Å². The molecule has 1 heteroatoms. The number of pyridine rings is 1. The molecule has 0 saturated carbocycles. The molecular weight excluding hydrogens is 278 g/mol. The second kappa shape index (κ2) is 6.00. The average Bonchev–Trinajstić information content (AvgIpc) is 2.57. The Balaban J connectivity index is 2.33. The molecule has 0 unspecified atom stereocenters. The zero-order valence-corrected chi connectivity index (χ0v) is 14.6. The summed E-state index contributed by atoms with van der Waals surface area (Å²) < 4.78 is 0. The van der Waals surface area contributed by atoms with E-state index in [2.05, 4.69) is 77.1 Å². The minimum absolute atomic E-state index is 1.08. The SMILES string of the molecule is Cc1cc(-c2nccc(C)c2-c2ccccc2)c(C)c(C)c1C. The molecule has 1 nitrogen and oxygen atoms in total. The van der Waals surface area contributed by atoms with Crippen LogP contribution in [0.5, 0.6) is 0 Å². The number of benzene rings is 2. The number of aryl methyl sites for hydroxylation is 2. The van der Waals surface area contributed by atoms with E-state index in [0.717, 1.165) is 5.69 Å². The van der Waals surface area contributed by atoms with Crippen molar-refractivity contribution in [3.05, 3.63) is 76.5 Å². The van der Waals surface area contributed by atoms with Crippen LogP contribution in [0.15, 0.2) is 48.7 Å². The van der Waals surface area contributed by atoms with E-state index >= 15 is 0 Å². The third-order valence-corrected chi connectivity index (χ3v) is 4.96. The summed E-state index contributed by atoms with van der Waals surface area (Å²) in [6, 6.07) is 14.9. The number of hydrogen-bond acceptors (Lipinski definition) is 1. The van der Waals surface area contributed by atoms with Crippen LogP contribution in [0.3, 0.4) is 0 Å². The zero-order chi connectivity index (χ0) is 16.6. The lowest BCUT2D eigenvalue weighted by Crippen LogP contribution is -1.99. The average molecular weight is 301 g/mol. The lowest BCUT2D eigenvalue weighted by Gasteiger charge is -2.18. The fourth-order valence-electron chi connectivity index (χ4n) is 3.19. The van der Waals surface area contributed by atoms with Gasteiger partial charge in [-0.2, -0.15) is 0 Å². The quantitative estimate of drug-likeness (QED) is 0.569. The predicted octanol–water partition coefficient (Wildman–Crippen LogP) is 5.96. The van der Waals surface area contributed by atoms with Gasteiger partial charge in [-0.3, -0.25) is 4.98 Å². The van der Waals surface area contributed by atoms with E-state index in [1.165, 1.54) is 44.5 Å². The van der Waals surface area contributed by atoms with Gasteiger partial charge in [-0.15, -0.1) is 0 Å². The van der Waals surface area contributed by atoms with Gasteiger partial charge in [0, 0.05) is 17.3 Å². The molecule has 1 aromatic heterocycles. The summed E-state index contributed by atoms with van der Waals surface area (Å²) in [4.78, 5) is 4.76. The fourth-order valence-corrected chi connectivity index (χ4v) is 3.19. The molecule has 0 aliphatic carbocycles. The van der Waals surface area contributed by atoms with Gasteiger partial charge in [-0.1, -0.05) is 30.3 Å². The molecule has 0 spiro atoms. The lowest BCUT2D eigenvalue weighted by molar-refractivity contribution is 1.20. The minimum Gasteiger partial charge on any atom is -0.256 e. The maximum Gasteiger partial charge on any atom is 0.0785 e. The van der Waals surface area contributed by atoms with E-state index in [1.807, 2.05) is 6.20 Å². The first-order valence-electron chi connectivity index (χ1n) is 8.09. The van der Waals surface area contributed by atoms with E-state index in [9.17, 15) is 0 Å². The van der Waals surface area contributed by atoms with Crippen molar-refractivity contribution in [2.24, 2.45) is 0 Å². The molecule has 2 aromatic carbocycles. The molecule has 0 saturated heterocycles. The van der Waals surface area contributed by atoms with Crippen LogP contribution < -0.4 is 0 Å². The summed E-state index contributed by atoms with van der Waals surface area (Å²) in [5, 5.41) is 0. The first-order valence-corrected chi connectivity index (χ1v) is 8.09. The van der Waals surface area contributed by atoms with Gasteiger partial charge in [-0.05, 0) is 80.1 Å². The molecule has 3 rings (SSSR count). The van der Waals surface area contributed by atoms with Gasteiger partial charge in [0.2, 0.25) is 0 Å². The van der Waals surface area contributed by atoms with Crippen LogP contribution in [0.4, 0.5) is 0 Å². The Bertz CT molecular complexity index is 861. The summed E-state index contributed by atoms with van der Waals surface area (Å²) in [7, 11) is 0. The normalized spacial score (nSPS) is 10.8. The van der Waals surface area contributed by atoms with Crippen molar-refractivity contribution in [1.82, 2.24) is 4.98 Å². The molecule has 1 heterocycles. The van der Waals surface area contributed by atoms with Crippen molar-refractivity contribution in [3.8, 4) is 22.4 Å². The lowest BCUT2D eigenvalue weighted by atomic mass is 9.89. The maximum atomic E-state index is 4.76. The Hall–Kier alpha value is -2.41. The van der Waals surface area contributed by atoms with Crippen LogP contribution in [0.25, 0.3) is 22.4 Å². The van der Waals surface area contributed by atoms with Gasteiger partial charge in [0.1, 0.15) is 0 Å². The molecule has 0 atom stereocenters. The summed E-state index contributed by atoms with van der Waals surface area (Å²) >= 11 is 0. The standard InChI is InChI=1S/C22H23N/c1-14-11-12-23-22(21(14)19-9-7-6-8-10-19)20-13-15(2)16(3)17(4)18(20)5/h6-13H,1-5H3. The molecule has 3 aromatic rings. The smallest absolute Gasteiger partial charge is 0.0785 e. The largest absolute Gasteiger partial charge is 0.256 e. The second-order valence-corrected chi connectivity index (χ2v) is 6.33. The van der Waals surface area contributed by atoms with Crippen molar-refractivity contribution in [1.29, 1.82) is 0 Å². The van der Waals surface area contributed by atoms with Crippen LogP contribution in [-0.2, 0) is 0 Å². The Morgan fingerprint density at radius 1 is 0.696 bits per heavy atom. The zero-order valence-electron chi connectivity index (χ0n) is 14.6. The van der Waals surface area contributed by atoms with Gasteiger partial charge < -0.3 is 0 Å². The molecule has 0 bridgehead atoms. The highest BCUT2D eigenvalue weighted by Gasteiger charge is 2.16. The minimum atomic E-state index is 1.08. The molecule has 0 amide bonds. The Kier molecular flexibility index (Phi) is 4.04. The topological polar surface area (TPSA) is 12.9 Å². The van der Waals surface area contributed by atoms with Crippen LogP contribution >= 0.6 is 0 Å². The fraction of sp³-hybridized carbons (Fsp3) is 0.227. The Morgan fingerprint density at radius 3 is 2.09 bits per heavy atom.